The number of hydrogen-bond acceptors (Lipinski definition) is 2. The van der Waals surface area contributed by atoms with Crippen LogP contribution in [0.15, 0.2) is 18.2 Å². The van der Waals surface area contributed by atoms with E-state index in [2.05, 4.69) is 5.32 Å². The van der Waals surface area contributed by atoms with Crippen molar-refractivity contribution in [3.05, 3.63) is 29.6 Å². The molecular formula is C13H19FN2. The fourth-order valence-corrected chi connectivity index (χ4v) is 2.27. The molecule has 1 aromatic rings. The lowest BCUT2D eigenvalue weighted by molar-refractivity contribution is 0.411. The highest BCUT2D eigenvalue weighted by molar-refractivity contribution is 5.51. The lowest BCUT2D eigenvalue weighted by atomic mass is 9.91. The van der Waals surface area contributed by atoms with Gasteiger partial charge in [-0.1, -0.05) is 0 Å². The quantitative estimate of drug-likeness (QED) is 0.807. The topological polar surface area (TPSA) is 38.0 Å². The molecule has 1 saturated carbocycles. The molecule has 1 aliphatic carbocycles. The average molecular weight is 222 g/mol. The van der Waals surface area contributed by atoms with E-state index in [-0.39, 0.29) is 5.82 Å². The van der Waals surface area contributed by atoms with E-state index in [0.29, 0.717) is 12.1 Å². The molecule has 2 nitrogen and oxygen atoms in total. The highest BCUT2D eigenvalue weighted by Crippen LogP contribution is 2.23. The van der Waals surface area contributed by atoms with Crippen molar-refractivity contribution in [3.8, 4) is 0 Å². The van der Waals surface area contributed by atoms with E-state index in [1.807, 2.05) is 13.0 Å². The summed E-state index contributed by atoms with van der Waals surface area (Å²) < 4.78 is 12.9. The molecule has 0 unspecified atom stereocenters. The first-order chi connectivity index (χ1) is 7.65. The zero-order valence-electron chi connectivity index (χ0n) is 9.67. The van der Waals surface area contributed by atoms with Gasteiger partial charge in [-0.15, -0.1) is 0 Å². The zero-order valence-corrected chi connectivity index (χ0v) is 9.67. The van der Waals surface area contributed by atoms with Crippen LogP contribution in [-0.4, -0.2) is 12.1 Å². The molecule has 1 fully saturated rings. The summed E-state index contributed by atoms with van der Waals surface area (Å²) in [6.45, 7) is 1.93. The van der Waals surface area contributed by atoms with Crippen LogP contribution in [0.25, 0.3) is 0 Å². The van der Waals surface area contributed by atoms with Gasteiger partial charge < -0.3 is 11.1 Å². The van der Waals surface area contributed by atoms with E-state index in [1.54, 1.807) is 6.07 Å². The Hall–Kier alpha value is -1.09. The summed E-state index contributed by atoms with van der Waals surface area (Å²) in [6, 6.07) is 5.75. The Bertz CT molecular complexity index is 357. The predicted octanol–water partition coefficient (Wildman–Crippen LogP) is 2.82. The number of benzene rings is 1. The van der Waals surface area contributed by atoms with E-state index in [4.69, 9.17) is 5.73 Å². The third-order valence-electron chi connectivity index (χ3n) is 3.32. The van der Waals surface area contributed by atoms with Crippen molar-refractivity contribution in [3.63, 3.8) is 0 Å². The average Bonchev–Trinajstić information content (AvgIpc) is 2.25. The number of aryl methyl sites for hydroxylation is 1. The van der Waals surface area contributed by atoms with Gasteiger partial charge in [0.2, 0.25) is 0 Å². The largest absolute Gasteiger partial charge is 0.382 e. The summed E-state index contributed by atoms with van der Waals surface area (Å²) in [5, 5.41) is 3.47. The first-order valence-electron chi connectivity index (χ1n) is 5.93. The van der Waals surface area contributed by atoms with Crippen molar-refractivity contribution in [1.82, 2.24) is 0 Å². The molecule has 3 heteroatoms. The number of hydrogen-bond donors (Lipinski definition) is 2. The van der Waals surface area contributed by atoms with Gasteiger partial charge >= 0.3 is 0 Å². The van der Waals surface area contributed by atoms with Gasteiger partial charge in [0.15, 0.2) is 0 Å². The van der Waals surface area contributed by atoms with E-state index in [1.165, 1.54) is 6.07 Å². The monoisotopic (exact) mass is 222 g/mol. The van der Waals surface area contributed by atoms with E-state index in [9.17, 15) is 4.39 Å². The fourth-order valence-electron chi connectivity index (χ4n) is 2.27. The Morgan fingerprint density at radius 2 is 1.94 bits per heavy atom. The van der Waals surface area contributed by atoms with Crippen molar-refractivity contribution in [2.45, 2.75) is 44.7 Å². The predicted molar refractivity (Wildman–Crippen MR) is 65.0 cm³/mol. The molecule has 2 rings (SSSR count). The molecule has 0 aromatic heterocycles. The Balaban J connectivity index is 1.98. The van der Waals surface area contributed by atoms with E-state index < -0.39 is 0 Å². The van der Waals surface area contributed by atoms with Crippen LogP contribution in [0.2, 0.25) is 0 Å². The highest BCUT2D eigenvalue weighted by Gasteiger charge is 2.18. The summed E-state index contributed by atoms with van der Waals surface area (Å²) in [5.74, 6) is -0.172. The van der Waals surface area contributed by atoms with Gasteiger partial charge in [0.25, 0.3) is 0 Å². The molecular weight excluding hydrogens is 203 g/mol. The molecule has 0 saturated heterocycles. The standard InChI is InChI=1S/C13H19FN2/c1-9-8-10(14)2-7-13(9)16-12-5-3-11(15)4-6-12/h2,7-8,11-12,16H,3-6,15H2,1H3. The second-order valence-electron chi connectivity index (χ2n) is 4.72. The van der Waals surface area contributed by atoms with Gasteiger partial charge in [0.1, 0.15) is 5.82 Å². The van der Waals surface area contributed by atoms with Crippen LogP contribution in [-0.2, 0) is 0 Å². The maximum atomic E-state index is 12.9. The Labute approximate surface area is 96.0 Å². The van der Waals surface area contributed by atoms with Crippen molar-refractivity contribution in [2.75, 3.05) is 5.32 Å². The second kappa shape index (κ2) is 4.83. The first kappa shape index (κ1) is 11.4. The molecule has 1 aliphatic rings. The van der Waals surface area contributed by atoms with Crippen molar-refractivity contribution in [2.24, 2.45) is 5.73 Å². The molecule has 88 valence electrons. The van der Waals surface area contributed by atoms with Crippen LogP contribution in [0, 0.1) is 12.7 Å². The molecule has 0 bridgehead atoms. The van der Waals surface area contributed by atoms with Gasteiger partial charge in [-0.25, -0.2) is 4.39 Å². The molecule has 0 atom stereocenters. The van der Waals surface area contributed by atoms with Crippen LogP contribution in [0.5, 0.6) is 0 Å². The lowest BCUT2D eigenvalue weighted by Gasteiger charge is -2.28. The summed E-state index contributed by atoms with van der Waals surface area (Å²) in [5.41, 5.74) is 7.87. The summed E-state index contributed by atoms with van der Waals surface area (Å²) >= 11 is 0. The molecule has 16 heavy (non-hydrogen) atoms. The molecule has 0 amide bonds. The smallest absolute Gasteiger partial charge is 0.123 e. The Kier molecular flexibility index (Phi) is 3.44. The molecule has 1 aromatic carbocycles. The van der Waals surface area contributed by atoms with Crippen LogP contribution in [0.1, 0.15) is 31.2 Å². The van der Waals surface area contributed by atoms with E-state index >= 15 is 0 Å². The van der Waals surface area contributed by atoms with Crippen LogP contribution in [0.3, 0.4) is 0 Å². The summed E-state index contributed by atoms with van der Waals surface area (Å²) in [7, 11) is 0. The maximum Gasteiger partial charge on any atom is 0.123 e. The molecule has 0 aliphatic heterocycles. The van der Waals surface area contributed by atoms with Crippen molar-refractivity contribution in [1.29, 1.82) is 0 Å². The molecule has 3 N–H and O–H groups in total. The minimum Gasteiger partial charge on any atom is -0.382 e. The van der Waals surface area contributed by atoms with Gasteiger partial charge in [0, 0.05) is 17.8 Å². The number of nitrogens with one attached hydrogen (secondary N) is 1. The zero-order chi connectivity index (χ0) is 11.5. The van der Waals surface area contributed by atoms with Crippen LogP contribution < -0.4 is 11.1 Å². The van der Waals surface area contributed by atoms with Gasteiger partial charge in [-0.2, -0.15) is 0 Å². The second-order valence-corrected chi connectivity index (χ2v) is 4.72. The number of rotatable bonds is 2. The van der Waals surface area contributed by atoms with Gasteiger partial charge in [0.05, 0.1) is 0 Å². The lowest BCUT2D eigenvalue weighted by Crippen LogP contribution is -2.32. The SMILES string of the molecule is Cc1cc(F)ccc1NC1CCC(N)CC1. The number of anilines is 1. The number of halogens is 1. The minimum absolute atomic E-state index is 0.172. The van der Waals surface area contributed by atoms with Crippen molar-refractivity contribution < 1.29 is 4.39 Å². The van der Waals surface area contributed by atoms with Crippen LogP contribution in [0.4, 0.5) is 10.1 Å². The first-order valence-corrected chi connectivity index (χ1v) is 5.93. The third kappa shape index (κ3) is 2.73. The van der Waals surface area contributed by atoms with Crippen LogP contribution >= 0.6 is 0 Å². The highest BCUT2D eigenvalue weighted by atomic mass is 19.1. The van der Waals surface area contributed by atoms with E-state index in [0.717, 1.165) is 36.9 Å². The maximum absolute atomic E-state index is 12.9. The molecule has 0 radical (unpaired) electrons. The minimum atomic E-state index is -0.172. The van der Waals surface area contributed by atoms with Crippen molar-refractivity contribution >= 4 is 5.69 Å². The number of nitrogens with two attached hydrogens (primary N) is 1. The normalized spacial score (nSPS) is 25.4. The molecule has 0 spiro atoms. The third-order valence-corrected chi connectivity index (χ3v) is 3.32. The molecule has 0 heterocycles. The summed E-state index contributed by atoms with van der Waals surface area (Å²) in [6.07, 6.45) is 4.38. The van der Waals surface area contributed by atoms with Gasteiger partial charge in [-0.3, -0.25) is 0 Å². The fraction of sp³-hybridized carbons (Fsp3) is 0.538. The Morgan fingerprint density at radius 3 is 2.56 bits per heavy atom. The van der Waals surface area contributed by atoms with Gasteiger partial charge in [-0.05, 0) is 56.4 Å². The Morgan fingerprint density at radius 1 is 1.25 bits per heavy atom. The summed E-state index contributed by atoms with van der Waals surface area (Å²) in [4.78, 5) is 0.